The summed E-state index contributed by atoms with van der Waals surface area (Å²) in [6, 6.07) is 14.7. The van der Waals surface area contributed by atoms with Gasteiger partial charge in [0.15, 0.2) is 0 Å². The normalized spacial score (nSPS) is 12.4. The maximum Gasteiger partial charge on any atom is 0.0478 e. The molecule has 17 heavy (non-hydrogen) atoms. The number of aromatic nitrogens is 1. The molecule has 88 valence electrons. The van der Waals surface area contributed by atoms with E-state index < -0.39 is 0 Å². The SMILES string of the molecule is Cc1ccc(C(CCN)c2ccccn2)cc1. The van der Waals surface area contributed by atoms with Gasteiger partial charge >= 0.3 is 0 Å². The van der Waals surface area contributed by atoms with Crippen LogP contribution in [0, 0.1) is 6.92 Å². The molecule has 0 spiro atoms. The summed E-state index contributed by atoms with van der Waals surface area (Å²) in [5, 5.41) is 0. The van der Waals surface area contributed by atoms with Gasteiger partial charge in [0.1, 0.15) is 0 Å². The smallest absolute Gasteiger partial charge is 0.0478 e. The van der Waals surface area contributed by atoms with Crippen LogP contribution in [0.15, 0.2) is 48.7 Å². The zero-order chi connectivity index (χ0) is 12.1. The Bertz CT molecular complexity index is 448. The molecule has 1 aromatic carbocycles. The summed E-state index contributed by atoms with van der Waals surface area (Å²) in [5.74, 6) is 0.307. The lowest BCUT2D eigenvalue weighted by Gasteiger charge is -2.16. The first-order valence-electron chi connectivity index (χ1n) is 5.99. The van der Waals surface area contributed by atoms with E-state index in [4.69, 9.17) is 5.73 Å². The Balaban J connectivity index is 2.32. The fraction of sp³-hybridized carbons (Fsp3) is 0.267. The topological polar surface area (TPSA) is 38.9 Å². The first-order chi connectivity index (χ1) is 8.31. The number of hydrogen-bond donors (Lipinski definition) is 1. The van der Waals surface area contributed by atoms with Gasteiger partial charge in [0.05, 0.1) is 0 Å². The Morgan fingerprint density at radius 2 is 1.88 bits per heavy atom. The predicted molar refractivity (Wildman–Crippen MR) is 70.9 cm³/mol. The van der Waals surface area contributed by atoms with Crippen molar-refractivity contribution >= 4 is 0 Å². The summed E-state index contributed by atoms with van der Waals surface area (Å²) in [6.07, 6.45) is 2.77. The van der Waals surface area contributed by atoms with Gasteiger partial charge in [-0.1, -0.05) is 35.9 Å². The molecule has 0 bridgehead atoms. The van der Waals surface area contributed by atoms with Crippen LogP contribution >= 0.6 is 0 Å². The molecule has 0 aliphatic carbocycles. The molecular weight excluding hydrogens is 208 g/mol. The predicted octanol–water partition coefficient (Wildman–Crippen LogP) is 2.87. The van der Waals surface area contributed by atoms with E-state index in [9.17, 15) is 0 Å². The average Bonchev–Trinajstić information content (AvgIpc) is 2.38. The summed E-state index contributed by atoms with van der Waals surface area (Å²) in [4.78, 5) is 4.44. The number of nitrogens with zero attached hydrogens (tertiary/aromatic N) is 1. The van der Waals surface area contributed by atoms with Gasteiger partial charge < -0.3 is 5.73 Å². The lowest BCUT2D eigenvalue weighted by Crippen LogP contribution is -2.10. The molecule has 1 aromatic heterocycles. The highest BCUT2D eigenvalue weighted by Crippen LogP contribution is 2.25. The molecule has 2 nitrogen and oxygen atoms in total. The van der Waals surface area contributed by atoms with Crippen LogP contribution in [0.3, 0.4) is 0 Å². The first-order valence-corrected chi connectivity index (χ1v) is 5.99. The van der Waals surface area contributed by atoms with Crippen LogP contribution in [0.2, 0.25) is 0 Å². The minimum Gasteiger partial charge on any atom is -0.330 e. The van der Waals surface area contributed by atoms with E-state index in [0.29, 0.717) is 12.5 Å². The Hall–Kier alpha value is -1.67. The lowest BCUT2D eigenvalue weighted by molar-refractivity contribution is 0.705. The summed E-state index contributed by atoms with van der Waals surface area (Å²) in [5.41, 5.74) is 9.38. The van der Waals surface area contributed by atoms with Gasteiger partial charge in [-0.2, -0.15) is 0 Å². The largest absolute Gasteiger partial charge is 0.330 e. The van der Waals surface area contributed by atoms with E-state index in [2.05, 4.69) is 42.2 Å². The van der Waals surface area contributed by atoms with Crippen molar-refractivity contribution in [3.05, 3.63) is 65.5 Å². The molecule has 0 radical (unpaired) electrons. The van der Waals surface area contributed by atoms with Crippen LogP contribution < -0.4 is 5.73 Å². The minimum absolute atomic E-state index is 0.307. The Morgan fingerprint density at radius 3 is 2.47 bits per heavy atom. The van der Waals surface area contributed by atoms with Crippen LogP contribution in [-0.2, 0) is 0 Å². The molecule has 1 unspecified atom stereocenters. The third kappa shape index (κ3) is 2.92. The Labute approximate surface area is 103 Å². The second kappa shape index (κ2) is 5.60. The summed E-state index contributed by atoms with van der Waals surface area (Å²) < 4.78 is 0. The lowest BCUT2D eigenvalue weighted by atomic mass is 9.91. The van der Waals surface area contributed by atoms with E-state index in [1.165, 1.54) is 11.1 Å². The molecule has 2 aromatic rings. The van der Waals surface area contributed by atoms with E-state index in [1.54, 1.807) is 0 Å². The highest BCUT2D eigenvalue weighted by Gasteiger charge is 2.13. The van der Waals surface area contributed by atoms with Crippen LogP contribution in [0.25, 0.3) is 0 Å². The molecule has 2 rings (SSSR count). The highest BCUT2D eigenvalue weighted by atomic mass is 14.7. The van der Waals surface area contributed by atoms with E-state index in [0.717, 1.165) is 12.1 Å². The second-order valence-electron chi connectivity index (χ2n) is 4.30. The molecule has 1 atom stereocenters. The van der Waals surface area contributed by atoms with Crippen molar-refractivity contribution in [2.75, 3.05) is 6.54 Å². The number of aryl methyl sites for hydroxylation is 1. The van der Waals surface area contributed by atoms with Crippen molar-refractivity contribution in [2.24, 2.45) is 5.73 Å². The zero-order valence-electron chi connectivity index (χ0n) is 10.1. The number of nitrogens with two attached hydrogens (primary N) is 1. The van der Waals surface area contributed by atoms with Crippen molar-refractivity contribution in [3.63, 3.8) is 0 Å². The van der Waals surface area contributed by atoms with Crippen molar-refractivity contribution < 1.29 is 0 Å². The van der Waals surface area contributed by atoms with Gasteiger partial charge in [-0.3, -0.25) is 4.98 Å². The molecule has 0 saturated heterocycles. The fourth-order valence-electron chi connectivity index (χ4n) is 2.03. The van der Waals surface area contributed by atoms with Crippen LogP contribution in [0.1, 0.15) is 29.2 Å². The second-order valence-corrected chi connectivity index (χ2v) is 4.30. The molecule has 0 aliphatic heterocycles. The Kier molecular flexibility index (Phi) is 3.89. The summed E-state index contributed by atoms with van der Waals surface area (Å²) in [7, 11) is 0. The minimum atomic E-state index is 0.307. The van der Waals surface area contributed by atoms with Gasteiger partial charge in [-0.05, 0) is 37.6 Å². The van der Waals surface area contributed by atoms with E-state index >= 15 is 0 Å². The molecule has 0 saturated carbocycles. The average molecular weight is 226 g/mol. The number of hydrogen-bond acceptors (Lipinski definition) is 2. The zero-order valence-corrected chi connectivity index (χ0v) is 10.1. The van der Waals surface area contributed by atoms with Crippen LogP contribution in [0.4, 0.5) is 0 Å². The molecule has 2 N–H and O–H groups in total. The molecule has 0 aliphatic rings. The standard InChI is InChI=1S/C15H18N2/c1-12-5-7-13(8-6-12)14(9-10-16)15-4-2-3-11-17-15/h2-8,11,14H,9-10,16H2,1H3. The van der Waals surface area contributed by atoms with Crippen LogP contribution in [0.5, 0.6) is 0 Å². The summed E-state index contributed by atoms with van der Waals surface area (Å²) in [6.45, 7) is 2.78. The van der Waals surface area contributed by atoms with Gasteiger partial charge in [0, 0.05) is 17.8 Å². The maximum absolute atomic E-state index is 5.71. The molecule has 2 heteroatoms. The first kappa shape index (κ1) is 11.8. The quantitative estimate of drug-likeness (QED) is 0.870. The van der Waals surface area contributed by atoms with E-state index in [1.807, 2.05) is 18.3 Å². The van der Waals surface area contributed by atoms with E-state index in [-0.39, 0.29) is 0 Å². The van der Waals surface area contributed by atoms with Gasteiger partial charge in [0.2, 0.25) is 0 Å². The van der Waals surface area contributed by atoms with Crippen molar-refractivity contribution in [1.29, 1.82) is 0 Å². The summed E-state index contributed by atoms with van der Waals surface area (Å²) >= 11 is 0. The fourth-order valence-corrected chi connectivity index (χ4v) is 2.03. The van der Waals surface area contributed by atoms with Crippen molar-refractivity contribution in [1.82, 2.24) is 4.98 Å². The molecule has 0 amide bonds. The van der Waals surface area contributed by atoms with Crippen molar-refractivity contribution in [2.45, 2.75) is 19.3 Å². The van der Waals surface area contributed by atoms with Gasteiger partial charge in [-0.25, -0.2) is 0 Å². The highest BCUT2D eigenvalue weighted by molar-refractivity contribution is 5.30. The van der Waals surface area contributed by atoms with Crippen LogP contribution in [-0.4, -0.2) is 11.5 Å². The third-order valence-corrected chi connectivity index (χ3v) is 2.98. The monoisotopic (exact) mass is 226 g/mol. The van der Waals surface area contributed by atoms with Gasteiger partial charge in [-0.15, -0.1) is 0 Å². The number of benzene rings is 1. The van der Waals surface area contributed by atoms with Gasteiger partial charge in [0.25, 0.3) is 0 Å². The number of pyridine rings is 1. The third-order valence-electron chi connectivity index (χ3n) is 2.98. The molecule has 0 fully saturated rings. The number of rotatable bonds is 4. The Morgan fingerprint density at radius 1 is 1.12 bits per heavy atom. The molecule has 1 heterocycles. The van der Waals surface area contributed by atoms with Crippen molar-refractivity contribution in [3.8, 4) is 0 Å². The molecular formula is C15H18N2. The maximum atomic E-state index is 5.71.